The van der Waals surface area contributed by atoms with Crippen LogP contribution in [0, 0.1) is 0 Å². The third-order valence-corrected chi connectivity index (χ3v) is 5.15. The number of halogens is 1. The largest absolute Gasteiger partial charge is 0.508 e. The first-order valence-electron chi connectivity index (χ1n) is 8.84. The zero-order chi connectivity index (χ0) is 20.1. The Morgan fingerprint density at radius 3 is 2.62 bits per heavy atom. The van der Waals surface area contributed by atoms with E-state index in [0.29, 0.717) is 27.4 Å². The fourth-order valence-electron chi connectivity index (χ4n) is 3.68. The summed E-state index contributed by atoms with van der Waals surface area (Å²) < 4.78 is 5.85. The molecule has 142 valence electrons. The number of anilines is 1. The van der Waals surface area contributed by atoms with Gasteiger partial charge in [0.1, 0.15) is 17.2 Å². The number of carbonyl (C=O) groups is 1. The van der Waals surface area contributed by atoms with Gasteiger partial charge in [0.2, 0.25) is 5.76 Å². The summed E-state index contributed by atoms with van der Waals surface area (Å²) in [6.07, 6.45) is 1.43. The Morgan fingerprint density at radius 1 is 1.03 bits per heavy atom. The number of pyridine rings is 1. The van der Waals surface area contributed by atoms with E-state index in [1.54, 1.807) is 48.5 Å². The minimum Gasteiger partial charge on any atom is -0.508 e. The normalized spacial score (nSPS) is 15.7. The molecule has 1 atom stereocenters. The number of amides is 1. The van der Waals surface area contributed by atoms with Gasteiger partial charge in [-0.3, -0.25) is 14.5 Å². The van der Waals surface area contributed by atoms with Crippen molar-refractivity contribution < 1.29 is 14.3 Å². The molecule has 0 aliphatic carbocycles. The lowest BCUT2D eigenvalue weighted by Crippen LogP contribution is -2.30. The average Bonchev–Trinajstić information content (AvgIpc) is 3.02. The standard InChI is InChI=1S/C22H13ClN2O4/c23-13-8-9-17(24-11-13)25-19(12-4-3-5-14(26)10-12)18-20(27)15-6-1-2-7-16(15)29-21(18)22(25)28/h1-11,19,26H/t19-/m1/s1. The van der Waals surface area contributed by atoms with Crippen LogP contribution < -0.4 is 10.3 Å². The molecule has 2 aromatic heterocycles. The van der Waals surface area contributed by atoms with Crippen LogP contribution in [0.3, 0.4) is 0 Å². The summed E-state index contributed by atoms with van der Waals surface area (Å²) in [6.45, 7) is 0. The maximum absolute atomic E-state index is 13.3. The topological polar surface area (TPSA) is 83.6 Å². The van der Waals surface area contributed by atoms with Crippen LogP contribution in [-0.4, -0.2) is 16.0 Å². The molecular weight excluding hydrogens is 392 g/mol. The molecule has 1 N–H and O–H groups in total. The quantitative estimate of drug-likeness (QED) is 0.538. The van der Waals surface area contributed by atoms with E-state index >= 15 is 0 Å². The van der Waals surface area contributed by atoms with Crippen LogP contribution >= 0.6 is 11.6 Å². The van der Waals surface area contributed by atoms with Crippen molar-refractivity contribution in [3.63, 3.8) is 0 Å². The molecule has 0 saturated carbocycles. The van der Waals surface area contributed by atoms with Crippen LogP contribution in [0.1, 0.15) is 27.7 Å². The van der Waals surface area contributed by atoms with E-state index in [4.69, 9.17) is 16.0 Å². The third-order valence-electron chi connectivity index (χ3n) is 4.92. The summed E-state index contributed by atoms with van der Waals surface area (Å²) in [6, 6.07) is 15.7. The Kier molecular flexibility index (Phi) is 3.89. The SMILES string of the molecule is O=C1c2oc3ccccc3c(=O)c2[C@@H](c2cccc(O)c2)N1c1ccc(Cl)cn1. The van der Waals surface area contributed by atoms with Crippen LogP contribution in [0.2, 0.25) is 5.02 Å². The van der Waals surface area contributed by atoms with Gasteiger partial charge >= 0.3 is 0 Å². The van der Waals surface area contributed by atoms with Crippen molar-refractivity contribution in [1.82, 2.24) is 4.98 Å². The molecule has 2 aromatic carbocycles. The molecule has 7 heteroatoms. The average molecular weight is 405 g/mol. The molecule has 5 rings (SSSR count). The molecule has 1 aliphatic heterocycles. The Bertz CT molecular complexity index is 1330. The van der Waals surface area contributed by atoms with E-state index in [-0.39, 0.29) is 22.5 Å². The third kappa shape index (κ3) is 2.68. The van der Waals surface area contributed by atoms with Gasteiger partial charge in [-0.25, -0.2) is 4.98 Å². The van der Waals surface area contributed by atoms with Crippen LogP contribution in [0.15, 0.2) is 76.1 Å². The van der Waals surface area contributed by atoms with Gasteiger partial charge in [0.05, 0.1) is 22.0 Å². The second kappa shape index (κ2) is 6.46. The summed E-state index contributed by atoms with van der Waals surface area (Å²) in [5, 5.41) is 10.8. The highest BCUT2D eigenvalue weighted by Crippen LogP contribution is 2.41. The Balaban J connectivity index is 1.82. The molecule has 1 aliphatic rings. The molecule has 1 amide bonds. The first kappa shape index (κ1) is 17.5. The molecule has 3 heterocycles. The summed E-state index contributed by atoms with van der Waals surface area (Å²) in [5.74, 6) is -0.162. The van der Waals surface area contributed by atoms with Crippen molar-refractivity contribution in [3.05, 3.63) is 99.0 Å². The van der Waals surface area contributed by atoms with Crippen LogP contribution in [0.25, 0.3) is 11.0 Å². The highest BCUT2D eigenvalue weighted by molar-refractivity contribution is 6.30. The van der Waals surface area contributed by atoms with E-state index in [1.165, 1.54) is 23.2 Å². The number of aromatic hydroxyl groups is 1. The predicted molar refractivity (Wildman–Crippen MR) is 108 cm³/mol. The maximum atomic E-state index is 13.3. The van der Waals surface area contributed by atoms with Crippen LogP contribution in [0.4, 0.5) is 5.82 Å². The van der Waals surface area contributed by atoms with E-state index in [9.17, 15) is 14.7 Å². The Labute approximate surface area is 169 Å². The highest BCUT2D eigenvalue weighted by atomic mass is 35.5. The summed E-state index contributed by atoms with van der Waals surface area (Å²) in [4.78, 5) is 32.3. The van der Waals surface area contributed by atoms with Gasteiger partial charge in [-0.15, -0.1) is 0 Å². The van der Waals surface area contributed by atoms with Crippen molar-refractivity contribution in [1.29, 1.82) is 0 Å². The number of phenols is 1. The molecule has 0 saturated heterocycles. The van der Waals surface area contributed by atoms with Crippen LogP contribution in [0.5, 0.6) is 5.75 Å². The van der Waals surface area contributed by atoms with E-state index in [2.05, 4.69) is 4.98 Å². The second-order valence-corrected chi connectivity index (χ2v) is 7.11. The highest BCUT2D eigenvalue weighted by Gasteiger charge is 2.44. The lowest BCUT2D eigenvalue weighted by molar-refractivity contribution is 0.0970. The van der Waals surface area contributed by atoms with Gasteiger partial charge in [-0.05, 0) is 42.0 Å². The molecule has 0 radical (unpaired) electrons. The zero-order valence-corrected chi connectivity index (χ0v) is 15.6. The van der Waals surface area contributed by atoms with Crippen molar-refractivity contribution in [3.8, 4) is 5.75 Å². The zero-order valence-electron chi connectivity index (χ0n) is 14.9. The predicted octanol–water partition coefficient (Wildman–Crippen LogP) is 4.30. The molecule has 29 heavy (non-hydrogen) atoms. The monoisotopic (exact) mass is 404 g/mol. The maximum Gasteiger partial charge on any atom is 0.296 e. The number of hydrogen-bond acceptors (Lipinski definition) is 5. The minimum atomic E-state index is -0.792. The first-order valence-corrected chi connectivity index (χ1v) is 9.22. The van der Waals surface area contributed by atoms with Gasteiger partial charge < -0.3 is 9.52 Å². The van der Waals surface area contributed by atoms with Gasteiger partial charge in [-0.2, -0.15) is 0 Å². The number of fused-ring (bicyclic) bond motifs is 2. The molecular formula is C22H13ClN2O4. The van der Waals surface area contributed by atoms with Crippen molar-refractivity contribution in [2.45, 2.75) is 6.04 Å². The minimum absolute atomic E-state index is 0.0255. The van der Waals surface area contributed by atoms with Gasteiger partial charge in [0.25, 0.3) is 5.91 Å². The summed E-state index contributed by atoms with van der Waals surface area (Å²) in [7, 11) is 0. The number of para-hydroxylation sites is 1. The second-order valence-electron chi connectivity index (χ2n) is 6.68. The Morgan fingerprint density at radius 2 is 1.86 bits per heavy atom. The molecule has 6 nitrogen and oxygen atoms in total. The number of nitrogens with zero attached hydrogens (tertiary/aromatic N) is 2. The molecule has 4 aromatic rings. The van der Waals surface area contributed by atoms with Crippen molar-refractivity contribution in [2.75, 3.05) is 4.90 Å². The van der Waals surface area contributed by atoms with Crippen LogP contribution in [-0.2, 0) is 0 Å². The Hall–Kier alpha value is -3.64. The summed E-state index contributed by atoms with van der Waals surface area (Å²) >= 11 is 5.95. The van der Waals surface area contributed by atoms with Gasteiger partial charge in [0.15, 0.2) is 5.43 Å². The number of hydrogen-bond donors (Lipinski definition) is 1. The van der Waals surface area contributed by atoms with Crippen molar-refractivity contribution in [2.24, 2.45) is 0 Å². The lowest BCUT2D eigenvalue weighted by Gasteiger charge is -2.24. The molecule has 0 spiro atoms. The molecule has 0 fully saturated rings. The first-order chi connectivity index (χ1) is 14.0. The summed E-state index contributed by atoms with van der Waals surface area (Å²) in [5.41, 5.74) is 0.831. The number of benzene rings is 2. The molecule has 0 unspecified atom stereocenters. The van der Waals surface area contributed by atoms with Gasteiger partial charge in [0, 0.05) is 6.20 Å². The number of aromatic nitrogens is 1. The number of phenolic OH excluding ortho intramolecular Hbond substituents is 1. The lowest BCUT2D eigenvalue weighted by atomic mass is 9.98. The smallest absolute Gasteiger partial charge is 0.296 e. The van der Waals surface area contributed by atoms with Crippen molar-refractivity contribution >= 4 is 34.3 Å². The van der Waals surface area contributed by atoms with E-state index in [1.807, 2.05) is 0 Å². The van der Waals surface area contributed by atoms with E-state index < -0.39 is 11.9 Å². The number of rotatable bonds is 2. The number of carbonyl (C=O) groups excluding carboxylic acids is 1. The van der Waals surface area contributed by atoms with Gasteiger partial charge in [-0.1, -0.05) is 35.9 Å². The van der Waals surface area contributed by atoms with E-state index in [0.717, 1.165) is 0 Å². The molecule has 0 bridgehead atoms. The fourth-order valence-corrected chi connectivity index (χ4v) is 3.79. The fraction of sp³-hybridized carbons (Fsp3) is 0.0455.